The Balaban J connectivity index is 1.09. The highest BCUT2D eigenvalue weighted by molar-refractivity contribution is 5.75. The van der Waals surface area contributed by atoms with E-state index in [-0.39, 0.29) is 18.2 Å². The van der Waals surface area contributed by atoms with E-state index in [1.165, 1.54) is 18.0 Å². The fourth-order valence-electron chi connectivity index (χ4n) is 4.67. The van der Waals surface area contributed by atoms with E-state index >= 15 is 0 Å². The molecule has 10 heteroatoms. The SMILES string of the molecule is CC(=O)N1CC2CC1CN2c1ccc(CNc2ccc(OCc3ccc(C(F)F)nc3)nn2)cc1. The summed E-state index contributed by atoms with van der Waals surface area (Å²) in [5, 5.41) is 11.4. The first-order chi connectivity index (χ1) is 17.0. The van der Waals surface area contributed by atoms with Crippen molar-refractivity contribution in [2.45, 2.75) is 45.0 Å². The molecule has 1 aromatic carbocycles. The molecule has 0 saturated carbocycles. The van der Waals surface area contributed by atoms with Crippen LogP contribution in [0.2, 0.25) is 0 Å². The van der Waals surface area contributed by atoms with Crippen LogP contribution < -0.4 is 15.0 Å². The van der Waals surface area contributed by atoms with Crippen LogP contribution in [0.1, 0.15) is 36.6 Å². The first kappa shape index (κ1) is 22.9. The van der Waals surface area contributed by atoms with E-state index in [9.17, 15) is 13.6 Å². The Kier molecular flexibility index (Phi) is 6.43. The second kappa shape index (κ2) is 9.81. The first-order valence-corrected chi connectivity index (χ1v) is 11.5. The molecule has 5 rings (SSSR count). The van der Waals surface area contributed by atoms with E-state index in [1.54, 1.807) is 25.1 Å². The number of carbonyl (C=O) groups is 1. The lowest BCUT2D eigenvalue weighted by Gasteiger charge is -2.35. The molecule has 2 aliphatic heterocycles. The summed E-state index contributed by atoms with van der Waals surface area (Å²) in [7, 11) is 0. The summed E-state index contributed by atoms with van der Waals surface area (Å²) in [6.45, 7) is 4.11. The van der Waals surface area contributed by atoms with Gasteiger partial charge in [-0.3, -0.25) is 9.78 Å². The third-order valence-electron chi connectivity index (χ3n) is 6.48. The fourth-order valence-corrected chi connectivity index (χ4v) is 4.67. The minimum Gasteiger partial charge on any atom is -0.472 e. The highest BCUT2D eigenvalue weighted by atomic mass is 19.3. The molecule has 0 radical (unpaired) electrons. The predicted molar refractivity (Wildman–Crippen MR) is 126 cm³/mol. The molecule has 0 aliphatic carbocycles. The summed E-state index contributed by atoms with van der Waals surface area (Å²) >= 11 is 0. The molecule has 1 N–H and O–H groups in total. The van der Waals surface area contributed by atoms with Gasteiger partial charge in [-0.25, -0.2) is 8.78 Å². The molecule has 182 valence electrons. The maximum Gasteiger partial charge on any atom is 0.280 e. The molecular weight excluding hydrogens is 454 g/mol. The zero-order valence-corrected chi connectivity index (χ0v) is 19.3. The average Bonchev–Trinajstić information content (AvgIpc) is 3.49. The van der Waals surface area contributed by atoms with Gasteiger partial charge in [-0.1, -0.05) is 18.2 Å². The number of anilines is 2. The highest BCUT2D eigenvalue weighted by Gasteiger charge is 2.44. The third kappa shape index (κ3) is 5.16. The first-order valence-electron chi connectivity index (χ1n) is 11.5. The third-order valence-corrected chi connectivity index (χ3v) is 6.48. The van der Waals surface area contributed by atoms with E-state index in [0.29, 0.717) is 35.9 Å². The van der Waals surface area contributed by atoms with Crippen molar-refractivity contribution in [3.05, 3.63) is 71.5 Å². The van der Waals surface area contributed by atoms with Crippen molar-refractivity contribution in [3.8, 4) is 5.88 Å². The number of nitrogens with zero attached hydrogens (tertiary/aromatic N) is 5. The zero-order valence-electron chi connectivity index (χ0n) is 19.3. The number of hydrogen-bond donors (Lipinski definition) is 1. The Morgan fingerprint density at radius 3 is 2.46 bits per heavy atom. The molecule has 2 aliphatic rings. The number of alkyl halides is 2. The maximum atomic E-state index is 12.6. The zero-order chi connectivity index (χ0) is 24.4. The Morgan fingerprint density at radius 1 is 1.06 bits per heavy atom. The number of pyridine rings is 1. The lowest BCUT2D eigenvalue weighted by atomic mass is 10.1. The van der Waals surface area contributed by atoms with Gasteiger partial charge in [-0.15, -0.1) is 10.2 Å². The molecule has 35 heavy (non-hydrogen) atoms. The Bertz CT molecular complexity index is 1160. The van der Waals surface area contributed by atoms with Gasteiger partial charge in [0.25, 0.3) is 6.43 Å². The number of halogens is 2. The molecule has 2 saturated heterocycles. The summed E-state index contributed by atoms with van der Waals surface area (Å²) in [4.78, 5) is 19.8. The van der Waals surface area contributed by atoms with E-state index < -0.39 is 6.43 Å². The standard InChI is InChI=1S/C25H26F2N6O2/c1-16(34)32-13-21-10-20(32)14-33(21)19-5-2-17(3-6-19)11-29-23-8-9-24(31-30-23)35-15-18-4-7-22(25(26)27)28-12-18/h2-9,12,20-21,25H,10-11,13-15H2,1H3,(H,29,30). The second-order valence-electron chi connectivity index (χ2n) is 8.82. The number of nitrogens with one attached hydrogen (secondary N) is 1. The van der Waals surface area contributed by atoms with E-state index in [1.807, 2.05) is 4.90 Å². The summed E-state index contributed by atoms with van der Waals surface area (Å²) in [5.74, 6) is 1.12. The van der Waals surface area contributed by atoms with E-state index in [0.717, 1.165) is 25.1 Å². The molecule has 3 aromatic rings. The second-order valence-corrected chi connectivity index (χ2v) is 8.82. The molecular formula is C25H26F2N6O2. The van der Waals surface area contributed by atoms with Crippen LogP contribution in [0.3, 0.4) is 0 Å². The van der Waals surface area contributed by atoms with Crippen LogP contribution in [-0.4, -0.2) is 51.2 Å². The van der Waals surface area contributed by atoms with Crippen molar-refractivity contribution < 1.29 is 18.3 Å². The number of aromatic nitrogens is 3. The van der Waals surface area contributed by atoms with Gasteiger partial charge in [0.2, 0.25) is 11.8 Å². The molecule has 2 atom stereocenters. The van der Waals surface area contributed by atoms with Crippen molar-refractivity contribution >= 4 is 17.4 Å². The number of ether oxygens (including phenoxy) is 1. The van der Waals surface area contributed by atoms with E-state index in [4.69, 9.17) is 4.74 Å². The normalized spacial score (nSPS) is 18.9. The van der Waals surface area contributed by atoms with Gasteiger partial charge in [0.1, 0.15) is 18.1 Å². The van der Waals surface area contributed by atoms with Gasteiger partial charge in [0.05, 0.1) is 6.04 Å². The molecule has 2 fully saturated rings. The number of carbonyl (C=O) groups excluding carboxylic acids is 1. The minimum atomic E-state index is -2.59. The minimum absolute atomic E-state index is 0.162. The molecule has 4 heterocycles. The number of likely N-dealkylation sites (tertiary alicyclic amines) is 1. The highest BCUT2D eigenvalue weighted by Crippen LogP contribution is 2.34. The van der Waals surface area contributed by atoms with Gasteiger partial charge in [0.15, 0.2) is 0 Å². The number of hydrogen-bond acceptors (Lipinski definition) is 7. The fraction of sp³-hybridized carbons (Fsp3) is 0.360. The van der Waals surface area contributed by atoms with Crippen molar-refractivity contribution in [1.82, 2.24) is 20.1 Å². The van der Waals surface area contributed by atoms with Crippen LogP contribution in [-0.2, 0) is 17.9 Å². The monoisotopic (exact) mass is 480 g/mol. The summed E-state index contributed by atoms with van der Waals surface area (Å²) in [5.41, 5.74) is 2.71. The van der Waals surface area contributed by atoms with Crippen molar-refractivity contribution in [2.24, 2.45) is 0 Å². The molecule has 2 unspecified atom stereocenters. The van der Waals surface area contributed by atoms with Gasteiger partial charge < -0.3 is 19.9 Å². The summed E-state index contributed by atoms with van der Waals surface area (Å²) < 4.78 is 30.7. The topological polar surface area (TPSA) is 83.5 Å². The van der Waals surface area contributed by atoms with Crippen molar-refractivity contribution in [2.75, 3.05) is 23.3 Å². The van der Waals surface area contributed by atoms with Gasteiger partial charge >= 0.3 is 0 Å². The van der Waals surface area contributed by atoms with Crippen LogP contribution >= 0.6 is 0 Å². The van der Waals surface area contributed by atoms with Gasteiger partial charge in [-0.05, 0) is 36.2 Å². The summed E-state index contributed by atoms with van der Waals surface area (Å²) in [6, 6.07) is 15.5. The van der Waals surface area contributed by atoms with Crippen LogP contribution in [0, 0.1) is 0 Å². The molecule has 2 bridgehead atoms. The molecule has 1 amide bonds. The largest absolute Gasteiger partial charge is 0.472 e. The lowest BCUT2D eigenvalue weighted by Crippen LogP contribution is -2.48. The smallest absolute Gasteiger partial charge is 0.280 e. The predicted octanol–water partition coefficient (Wildman–Crippen LogP) is 3.81. The molecule has 8 nitrogen and oxygen atoms in total. The Morgan fingerprint density at radius 2 is 1.86 bits per heavy atom. The maximum absolute atomic E-state index is 12.6. The number of rotatable bonds is 8. The van der Waals surface area contributed by atoms with Gasteiger partial charge in [-0.2, -0.15) is 0 Å². The van der Waals surface area contributed by atoms with Crippen molar-refractivity contribution in [1.29, 1.82) is 0 Å². The Hall–Kier alpha value is -3.82. The Labute approximate surface area is 201 Å². The summed E-state index contributed by atoms with van der Waals surface area (Å²) in [6.07, 6.45) is -0.178. The van der Waals surface area contributed by atoms with Crippen LogP contribution in [0.15, 0.2) is 54.7 Å². The average molecular weight is 481 g/mol. The molecule has 2 aromatic heterocycles. The number of amides is 1. The van der Waals surface area contributed by atoms with Gasteiger partial charge in [0, 0.05) is 56.1 Å². The van der Waals surface area contributed by atoms with E-state index in [2.05, 4.69) is 49.7 Å². The van der Waals surface area contributed by atoms with Crippen LogP contribution in [0.25, 0.3) is 0 Å². The van der Waals surface area contributed by atoms with Crippen LogP contribution in [0.4, 0.5) is 20.3 Å². The lowest BCUT2D eigenvalue weighted by molar-refractivity contribution is -0.129. The number of benzene rings is 1. The number of piperazine rings is 1. The molecule has 0 spiro atoms. The van der Waals surface area contributed by atoms with Crippen LogP contribution in [0.5, 0.6) is 5.88 Å². The van der Waals surface area contributed by atoms with Crippen molar-refractivity contribution in [3.63, 3.8) is 0 Å². The number of fused-ring (bicyclic) bond motifs is 2. The quantitative estimate of drug-likeness (QED) is 0.525.